The molecular formula is C22H22N6O2S2. The first-order valence-corrected chi connectivity index (χ1v) is 11.4. The van der Waals surface area contributed by atoms with E-state index in [1.807, 2.05) is 44.2 Å². The number of nitrogens with zero attached hydrogens (tertiary/aromatic N) is 4. The summed E-state index contributed by atoms with van der Waals surface area (Å²) in [7, 11) is 0. The smallest absolute Gasteiger partial charge is 0.257 e. The van der Waals surface area contributed by atoms with Gasteiger partial charge in [0.25, 0.3) is 5.91 Å². The zero-order valence-corrected chi connectivity index (χ0v) is 19.3. The Morgan fingerprint density at radius 1 is 1.16 bits per heavy atom. The molecule has 0 saturated carbocycles. The van der Waals surface area contributed by atoms with Crippen molar-refractivity contribution in [3.63, 3.8) is 0 Å². The zero-order valence-electron chi connectivity index (χ0n) is 17.7. The first kappa shape index (κ1) is 21.8. The molecule has 2 N–H and O–H groups in total. The number of ether oxygens (including phenoxy) is 1. The second-order valence-corrected chi connectivity index (χ2v) is 8.23. The number of aromatic nitrogens is 4. The van der Waals surface area contributed by atoms with E-state index in [9.17, 15) is 4.79 Å². The summed E-state index contributed by atoms with van der Waals surface area (Å²) in [6.07, 6.45) is 0.781. The fourth-order valence-electron chi connectivity index (χ4n) is 3.06. The number of fused-ring (bicyclic) bond motifs is 1. The maximum absolute atomic E-state index is 12.4. The van der Waals surface area contributed by atoms with Crippen LogP contribution in [0.2, 0.25) is 0 Å². The van der Waals surface area contributed by atoms with Gasteiger partial charge in [-0.1, -0.05) is 48.6 Å². The van der Waals surface area contributed by atoms with Crippen LogP contribution in [-0.2, 0) is 13.0 Å². The number of hydrogen-bond donors (Lipinski definition) is 2. The van der Waals surface area contributed by atoms with Crippen molar-refractivity contribution in [1.82, 2.24) is 30.4 Å². The molecule has 2 aromatic heterocycles. The Morgan fingerprint density at radius 3 is 2.72 bits per heavy atom. The molecule has 0 fully saturated rings. The molecule has 2 heterocycles. The van der Waals surface area contributed by atoms with Crippen LogP contribution in [0.4, 0.5) is 0 Å². The lowest BCUT2D eigenvalue weighted by Gasteiger charge is -2.11. The van der Waals surface area contributed by atoms with Crippen molar-refractivity contribution in [3.8, 4) is 16.3 Å². The average molecular weight is 467 g/mol. The van der Waals surface area contributed by atoms with Gasteiger partial charge in [0, 0.05) is 24.1 Å². The van der Waals surface area contributed by atoms with E-state index in [2.05, 4.69) is 25.9 Å². The van der Waals surface area contributed by atoms with Gasteiger partial charge >= 0.3 is 0 Å². The summed E-state index contributed by atoms with van der Waals surface area (Å²) in [5.41, 5.74) is 2.53. The minimum atomic E-state index is -0.283. The van der Waals surface area contributed by atoms with Crippen molar-refractivity contribution in [3.05, 3.63) is 65.5 Å². The van der Waals surface area contributed by atoms with Crippen molar-refractivity contribution in [2.24, 2.45) is 0 Å². The molecule has 0 bridgehead atoms. The van der Waals surface area contributed by atoms with Crippen molar-refractivity contribution < 1.29 is 9.53 Å². The van der Waals surface area contributed by atoms with Gasteiger partial charge < -0.3 is 10.1 Å². The molecule has 8 nitrogen and oxygen atoms in total. The molecule has 32 heavy (non-hydrogen) atoms. The number of thiocarbonyl (C=S) groups is 1. The third kappa shape index (κ3) is 4.92. The SMILES string of the molecule is CCOc1cccc(C(=O)NC(=S)NCc2ccc(-c3nn4c(CC)nnc4s3)cc2)c1. The molecule has 0 saturated heterocycles. The molecule has 0 aliphatic carbocycles. The molecule has 0 atom stereocenters. The van der Waals surface area contributed by atoms with Crippen LogP contribution in [-0.4, -0.2) is 37.4 Å². The summed E-state index contributed by atoms with van der Waals surface area (Å²) < 4.78 is 7.22. The van der Waals surface area contributed by atoms with Gasteiger partial charge in [-0.2, -0.15) is 9.61 Å². The predicted molar refractivity (Wildman–Crippen MR) is 128 cm³/mol. The highest BCUT2D eigenvalue weighted by Crippen LogP contribution is 2.25. The number of nitrogens with one attached hydrogen (secondary N) is 2. The van der Waals surface area contributed by atoms with E-state index in [0.717, 1.165) is 33.3 Å². The van der Waals surface area contributed by atoms with Crippen LogP contribution >= 0.6 is 23.6 Å². The quantitative estimate of drug-likeness (QED) is 0.402. The van der Waals surface area contributed by atoms with E-state index in [4.69, 9.17) is 17.0 Å². The molecule has 4 aromatic rings. The minimum Gasteiger partial charge on any atom is -0.494 e. The lowest BCUT2D eigenvalue weighted by atomic mass is 10.1. The van der Waals surface area contributed by atoms with Gasteiger partial charge in [0.1, 0.15) is 10.8 Å². The monoisotopic (exact) mass is 466 g/mol. The Bertz CT molecular complexity index is 1250. The van der Waals surface area contributed by atoms with Crippen LogP contribution in [0.5, 0.6) is 5.75 Å². The van der Waals surface area contributed by atoms with E-state index < -0.39 is 0 Å². The van der Waals surface area contributed by atoms with Gasteiger partial charge in [-0.15, -0.1) is 10.2 Å². The molecular weight excluding hydrogens is 444 g/mol. The molecule has 0 aliphatic rings. The zero-order chi connectivity index (χ0) is 22.5. The van der Waals surface area contributed by atoms with Crippen molar-refractivity contribution in [2.45, 2.75) is 26.8 Å². The number of carbonyl (C=O) groups is 1. The summed E-state index contributed by atoms with van der Waals surface area (Å²) in [5.74, 6) is 1.22. The molecule has 0 spiro atoms. The second kappa shape index (κ2) is 9.84. The van der Waals surface area contributed by atoms with Crippen LogP contribution in [0, 0.1) is 0 Å². The van der Waals surface area contributed by atoms with E-state index >= 15 is 0 Å². The lowest BCUT2D eigenvalue weighted by Crippen LogP contribution is -2.38. The largest absolute Gasteiger partial charge is 0.494 e. The lowest BCUT2D eigenvalue weighted by molar-refractivity contribution is 0.0976. The highest BCUT2D eigenvalue weighted by molar-refractivity contribution is 7.80. The molecule has 2 aromatic carbocycles. The van der Waals surface area contributed by atoms with E-state index in [0.29, 0.717) is 24.5 Å². The summed E-state index contributed by atoms with van der Waals surface area (Å²) >= 11 is 6.77. The minimum absolute atomic E-state index is 0.265. The third-order valence-electron chi connectivity index (χ3n) is 4.66. The van der Waals surface area contributed by atoms with Crippen LogP contribution in [0.15, 0.2) is 48.5 Å². The summed E-state index contributed by atoms with van der Waals surface area (Å²) in [4.78, 5) is 13.2. The number of hydrogen-bond acceptors (Lipinski definition) is 7. The Hall–Kier alpha value is -3.37. The van der Waals surface area contributed by atoms with Crippen molar-refractivity contribution in [2.75, 3.05) is 6.61 Å². The van der Waals surface area contributed by atoms with Crippen LogP contribution in [0.1, 0.15) is 35.6 Å². The van der Waals surface area contributed by atoms with E-state index in [1.54, 1.807) is 22.7 Å². The van der Waals surface area contributed by atoms with Crippen LogP contribution in [0.3, 0.4) is 0 Å². The first-order valence-electron chi connectivity index (χ1n) is 10.2. The average Bonchev–Trinajstić information content (AvgIpc) is 3.39. The van der Waals surface area contributed by atoms with Crippen LogP contribution < -0.4 is 15.4 Å². The highest BCUT2D eigenvalue weighted by atomic mass is 32.1. The normalized spacial score (nSPS) is 10.8. The standard InChI is InChI=1S/C22H22N6O2S2/c1-3-18-25-26-22-28(18)27-20(32-22)15-10-8-14(9-11-15)13-23-21(31)24-19(29)16-6-5-7-17(12-16)30-4-2/h5-12H,3-4,13H2,1-2H3,(H2,23,24,29,31). The first-order chi connectivity index (χ1) is 15.6. The molecule has 1 amide bonds. The summed E-state index contributed by atoms with van der Waals surface area (Å²) in [6.45, 7) is 4.95. The Kier molecular flexibility index (Phi) is 6.72. The number of aryl methyl sites for hydroxylation is 1. The summed E-state index contributed by atoms with van der Waals surface area (Å²) in [5, 5.41) is 19.8. The number of rotatable bonds is 7. The van der Waals surface area contributed by atoms with Gasteiger partial charge in [-0.3, -0.25) is 10.1 Å². The van der Waals surface area contributed by atoms with Gasteiger partial charge in [0.15, 0.2) is 10.9 Å². The Morgan fingerprint density at radius 2 is 1.97 bits per heavy atom. The molecule has 0 radical (unpaired) electrons. The fourth-order valence-corrected chi connectivity index (χ4v) is 4.08. The maximum Gasteiger partial charge on any atom is 0.257 e. The Labute approximate surface area is 194 Å². The van der Waals surface area contributed by atoms with Gasteiger partial charge in [0.05, 0.1) is 6.61 Å². The van der Waals surface area contributed by atoms with Crippen LogP contribution in [0.25, 0.3) is 15.5 Å². The van der Waals surface area contributed by atoms with Gasteiger partial charge in [0.2, 0.25) is 4.96 Å². The molecule has 10 heteroatoms. The third-order valence-corrected chi connectivity index (χ3v) is 5.85. The maximum atomic E-state index is 12.4. The number of benzene rings is 2. The topological polar surface area (TPSA) is 93.4 Å². The van der Waals surface area contributed by atoms with Crippen molar-refractivity contribution in [1.29, 1.82) is 0 Å². The second-order valence-electron chi connectivity index (χ2n) is 6.87. The highest BCUT2D eigenvalue weighted by Gasteiger charge is 2.12. The fraction of sp³-hybridized carbons (Fsp3) is 0.227. The number of carbonyl (C=O) groups excluding carboxylic acids is 1. The Balaban J connectivity index is 1.33. The predicted octanol–water partition coefficient (Wildman–Crippen LogP) is 3.62. The molecule has 0 unspecified atom stereocenters. The summed E-state index contributed by atoms with van der Waals surface area (Å²) in [6, 6.07) is 15.0. The van der Waals surface area contributed by atoms with Gasteiger partial charge in [-0.25, -0.2) is 0 Å². The van der Waals surface area contributed by atoms with E-state index in [1.165, 1.54) is 11.3 Å². The van der Waals surface area contributed by atoms with Crippen molar-refractivity contribution >= 4 is 39.5 Å². The number of amides is 1. The molecule has 4 rings (SSSR count). The molecule has 0 aliphatic heterocycles. The van der Waals surface area contributed by atoms with E-state index in [-0.39, 0.29) is 11.0 Å². The van der Waals surface area contributed by atoms with Gasteiger partial charge in [-0.05, 0) is 42.9 Å². The molecule has 164 valence electrons.